The molecular formula is C18H27N5O2. The average molecular weight is 345 g/mol. The van der Waals surface area contributed by atoms with Crippen molar-refractivity contribution in [3.8, 4) is 0 Å². The van der Waals surface area contributed by atoms with Crippen molar-refractivity contribution in [1.29, 1.82) is 0 Å². The zero-order valence-electron chi connectivity index (χ0n) is 15.2. The number of aliphatic hydroxyl groups is 1. The number of likely N-dealkylation sites (tertiary alicyclic amines) is 1. The highest BCUT2D eigenvalue weighted by Gasteiger charge is 2.31. The molecule has 0 radical (unpaired) electrons. The molecule has 1 fully saturated rings. The third kappa shape index (κ3) is 3.61. The summed E-state index contributed by atoms with van der Waals surface area (Å²) in [4.78, 5) is 18.9. The Morgan fingerprint density at radius 3 is 2.72 bits per heavy atom. The number of rotatable bonds is 5. The molecule has 136 valence electrons. The summed E-state index contributed by atoms with van der Waals surface area (Å²) in [5, 5.41) is 15.0. The molecule has 0 saturated carbocycles. The Hall–Kier alpha value is -2.15. The van der Waals surface area contributed by atoms with Gasteiger partial charge in [-0.05, 0) is 32.1 Å². The van der Waals surface area contributed by atoms with Crippen LogP contribution in [-0.4, -0.2) is 48.3 Å². The van der Waals surface area contributed by atoms with Crippen molar-refractivity contribution in [2.45, 2.75) is 45.8 Å². The molecule has 0 aliphatic carbocycles. The van der Waals surface area contributed by atoms with Gasteiger partial charge in [0.25, 0.3) is 5.91 Å². The van der Waals surface area contributed by atoms with Crippen LogP contribution < -0.4 is 0 Å². The third-order valence-electron chi connectivity index (χ3n) is 5.03. The number of nitrogens with zero attached hydrogens (tertiary/aromatic N) is 5. The van der Waals surface area contributed by atoms with Crippen LogP contribution in [0.4, 0.5) is 0 Å². The number of hydrogen-bond donors (Lipinski definition) is 1. The number of carbonyl (C=O) groups excluding carboxylic acids is 1. The van der Waals surface area contributed by atoms with Crippen LogP contribution in [0.15, 0.2) is 18.6 Å². The van der Waals surface area contributed by atoms with E-state index in [1.807, 2.05) is 40.5 Å². The summed E-state index contributed by atoms with van der Waals surface area (Å²) in [7, 11) is 1.89. The molecule has 1 saturated heterocycles. The fourth-order valence-electron chi connectivity index (χ4n) is 3.53. The van der Waals surface area contributed by atoms with E-state index in [1.54, 1.807) is 6.20 Å². The average Bonchev–Trinajstić information content (AvgIpc) is 3.19. The summed E-state index contributed by atoms with van der Waals surface area (Å²) in [6.07, 6.45) is 7.37. The van der Waals surface area contributed by atoms with Gasteiger partial charge in [0, 0.05) is 45.3 Å². The van der Waals surface area contributed by atoms with Gasteiger partial charge in [-0.2, -0.15) is 5.10 Å². The SMILES string of the molecule is CCCn1cc(C(=O)N2CCC([C@@H](O)c3nccn3C)CC2)c(C)n1. The van der Waals surface area contributed by atoms with Gasteiger partial charge in [0.2, 0.25) is 0 Å². The molecular weight excluding hydrogens is 318 g/mol. The molecule has 1 amide bonds. The number of aliphatic hydroxyl groups excluding tert-OH is 1. The molecule has 0 unspecified atom stereocenters. The van der Waals surface area contributed by atoms with Crippen LogP contribution in [0.1, 0.15) is 54.2 Å². The monoisotopic (exact) mass is 345 g/mol. The van der Waals surface area contributed by atoms with E-state index in [2.05, 4.69) is 17.0 Å². The largest absolute Gasteiger partial charge is 0.385 e. The van der Waals surface area contributed by atoms with Crippen LogP contribution >= 0.6 is 0 Å². The fourth-order valence-corrected chi connectivity index (χ4v) is 3.53. The molecule has 1 N–H and O–H groups in total. The van der Waals surface area contributed by atoms with E-state index in [0.29, 0.717) is 24.5 Å². The minimum absolute atomic E-state index is 0.0461. The number of piperidine rings is 1. The number of amides is 1. The Kier molecular flexibility index (Phi) is 5.22. The molecule has 3 rings (SSSR count). The van der Waals surface area contributed by atoms with E-state index >= 15 is 0 Å². The summed E-state index contributed by atoms with van der Waals surface area (Å²) >= 11 is 0. The van der Waals surface area contributed by atoms with Crippen LogP contribution in [0.5, 0.6) is 0 Å². The van der Waals surface area contributed by atoms with Gasteiger partial charge in [-0.25, -0.2) is 4.98 Å². The van der Waals surface area contributed by atoms with Gasteiger partial charge >= 0.3 is 0 Å². The van der Waals surface area contributed by atoms with Crippen LogP contribution in [0.25, 0.3) is 0 Å². The predicted molar refractivity (Wildman–Crippen MR) is 94.1 cm³/mol. The summed E-state index contributed by atoms with van der Waals surface area (Å²) in [6, 6.07) is 0. The normalized spacial score (nSPS) is 17.0. The van der Waals surface area contributed by atoms with E-state index in [-0.39, 0.29) is 11.8 Å². The molecule has 0 bridgehead atoms. The Labute approximate surface area is 148 Å². The lowest BCUT2D eigenvalue weighted by atomic mass is 9.90. The van der Waals surface area contributed by atoms with Gasteiger partial charge in [-0.15, -0.1) is 0 Å². The van der Waals surface area contributed by atoms with E-state index < -0.39 is 6.10 Å². The molecule has 3 heterocycles. The van der Waals surface area contributed by atoms with Crippen molar-refractivity contribution in [1.82, 2.24) is 24.2 Å². The second-order valence-corrected chi connectivity index (χ2v) is 6.86. The quantitative estimate of drug-likeness (QED) is 0.898. The number of hydrogen-bond acceptors (Lipinski definition) is 4. The van der Waals surface area contributed by atoms with E-state index in [9.17, 15) is 9.90 Å². The standard InChI is InChI=1S/C18H27N5O2/c1-4-8-23-12-15(13(2)20-23)18(25)22-9-5-14(6-10-22)16(24)17-19-7-11-21(17)3/h7,11-12,14,16,24H,4-6,8-10H2,1-3H3/t16-/m1/s1. The maximum absolute atomic E-state index is 12.8. The Morgan fingerprint density at radius 2 is 2.12 bits per heavy atom. The van der Waals surface area contributed by atoms with Crippen LogP contribution in [0.3, 0.4) is 0 Å². The minimum Gasteiger partial charge on any atom is -0.385 e. The molecule has 0 aromatic carbocycles. The van der Waals surface area contributed by atoms with Gasteiger partial charge < -0.3 is 14.6 Å². The van der Waals surface area contributed by atoms with Gasteiger partial charge in [0.15, 0.2) is 0 Å². The van der Waals surface area contributed by atoms with E-state index in [4.69, 9.17) is 0 Å². The second-order valence-electron chi connectivity index (χ2n) is 6.86. The third-order valence-corrected chi connectivity index (χ3v) is 5.03. The van der Waals surface area contributed by atoms with Gasteiger partial charge in [0.05, 0.1) is 11.3 Å². The molecule has 2 aromatic heterocycles. The molecule has 25 heavy (non-hydrogen) atoms. The second kappa shape index (κ2) is 7.39. The van der Waals surface area contributed by atoms with Crippen molar-refractivity contribution < 1.29 is 9.90 Å². The first kappa shape index (κ1) is 17.7. The lowest BCUT2D eigenvalue weighted by molar-refractivity contribution is 0.0419. The maximum Gasteiger partial charge on any atom is 0.257 e. The molecule has 7 nitrogen and oxygen atoms in total. The van der Waals surface area contributed by atoms with Gasteiger partial charge in [-0.3, -0.25) is 9.48 Å². The van der Waals surface area contributed by atoms with E-state index in [1.165, 1.54) is 0 Å². The number of aryl methyl sites for hydroxylation is 3. The van der Waals surface area contributed by atoms with Crippen molar-refractivity contribution in [3.63, 3.8) is 0 Å². The molecule has 1 atom stereocenters. The summed E-state index contributed by atoms with van der Waals surface area (Å²) in [5.41, 5.74) is 1.48. The highest BCUT2D eigenvalue weighted by Crippen LogP contribution is 2.30. The molecule has 1 aliphatic rings. The first-order valence-corrected chi connectivity index (χ1v) is 8.99. The summed E-state index contributed by atoms with van der Waals surface area (Å²) < 4.78 is 3.70. The zero-order chi connectivity index (χ0) is 18.0. The highest BCUT2D eigenvalue weighted by molar-refractivity contribution is 5.95. The first-order valence-electron chi connectivity index (χ1n) is 8.99. The Morgan fingerprint density at radius 1 is 1.40 bits per heavy atom. The smallest absolute Gasteiger partial charge is 0.257 e. The van der Waals surface area contributed by atoms with Crippen LogP contribution in [0, 0.1) is 12.8 Å². The Balaban J connectivity index is 1.62. The molecule has 1 aliphatic heterocycles. The fraction of sp³-hybridized carbons (Fsp3) is 0.611. The summed E-state index contributed by atoms with van der Waals surface area (Å²) in [6.45, 7) is 6.12. The van der Waals surface area contributed by atoms with Crippen molar-refractivity contribution >= 4 is 5.91 Å². The molecule has 7 heteroatoms. The van der Waals surface area contributed by atoms with Gasteiger partial charge in [-0.1, -0.05) is 6.92 Å². The zero-order valence-corrected chi connectivity index (χ0v) is 15.2. The topological polar surface area (TPSA) is 76.2 Å². The first-order chi connectivity index (χ1) is 12.0. The number of imidazole rings is 1. The Bertz CT molecular complexity index is 728. The number of aromatic nitrogens is 4. The highest BCUT2D eigenvalue weighted by atomic mass is 16.3. The van der Waals surface area contributed by atoms with E-state index in [0.717, 1.165) is 31.5 Å². The van der Waals surface area contributed by atoms with Crippen molar-refractivity contribution in [2.75, 3.05) is 13.1 Å². The predicted octanol–water partition coefficient (Wildman–Crippen LogP) is 1.92. The van der Waals surface area contributed by atoms with Crippen LogP contribution in [-0.2, 0) is 13.6 Å². The van der Waals surface area contributed by atoms with Crippen LogP contribution in [0.2, 0.25) is 0 Å². The maximum atomic E-state index is 12.8. The lowest BCUT2D eigenvalue weighted by Crippen LogP contribution is -2.40. The number of carbonyl (C=O) groups is 1. The van der Waals surface area contributed by atoms with Gasteiger partial charge in [0.1, 0.15) is 11.9 Å². The van der Waals surface area contributed by atoms with Crippen molar-refractivity contribution in [2.24, 2.45) is 13.0 Å². The molecule has 2 aromatic rings. The van der Waals surface area contributed by atoms with Crippen molar-refractivity contribution in [3.05, 3.63) is 35.7 Å². The summed E-state index contributed by atoms with van der Waals surface area (Å²) in [5.74, 6) is 0.875. The minimum atomic E-state index is -0.578. The lowest BCUT2D eigenvalue weighted by Gasteiger charge is -2.34. The molecule has 0 spiro atoms.